The van der Waals surface area contributed by atoms with E-state index in [1.807, 2.05) is 37.3 Å². The smallest absolute Gasteiger partial charge is 0.278 e. The summed E-state index contributed by atoms with van der Waals surface area (Å²) in [5.41, 5.74) is 8.32. The van der Waals surface area contributed by atoms with Gasteiger partial charge >= 0.3 is 0 Å². The standard InChI is InChI=1S/C27H26N4O5/c1-16(3-10-24(33)29-15-32)31-14-21-12-20(7-9-23(21)27(31)35)26(34)30-25(28)19-5-4-18-13-22(36-2)8-6-17(18)11-19/h4-9,11-13,15-16H,3,10,14H2,1-2H3,(H2,28,30,34)(H,29,32,33). The number of ether oxygens (including phenoxy) is 1. The number of methoxy groups -OCH3 is 1. The van der Waals surface area contributed by atoms with Crippen LogP contribution in [0.25, 0.3) is 10.8 Å². The fourth-order valence-electron chi connectivity index (χ4n) is 4.21. The van der Waals surface area contributed by atoms with Gasteiger partial charge in [0, 0.05) is 35.7 Å². The third kappa shape index (κ3) is 5.10. The van der Waals surface area contributed by atoms with E-state index in [4.69, 9.17) is 10.5 Å². The van der Waals surface area contributed by atoms with Crippen LogP contribution in [0, 0.1) is 0 Å². The van der Waals surface area contributed by atoms with Gasteiger partial charge in [0.2, 0.25) is 12.3 Å². The van der Waals surface area contributed by atoms with Gasteiger partial charge in [0.1, 0.15) is 11.6 Å². The van der Waals surface area contributed by atoms with Gasteiger partial charge in [0.05, 0.1) is 7.11 Å². The van der Waals surface area contributed by atoms with Crippen LogP contribution in [0.5, 0.6) is 5.75 Å². The number of benzene rings is 3. The van der Waals surface area contributed by atoms with Gasteiger partial charge in [-0.05, 0) is 66.1 Å². The number of hydrogen-bond donors (Lipinski definition) is 2. The molecular formula is C27H26N4O5. The molecule has 1 aliphatic rings. The number of nitrogens with one attached hydrogen (secondary N) is 1. The summed E-state index contributed by atoms with van der Waals surface area (Å²) in [7, 11) is 1.61. The van der Waals surface area contributed by atoms with Crippen LogP contribution in [0.2, 0.25) is 0 Å². The van der Waals surface area contributed by atoms with Gasteiger partial charge in [-0.3, -0.25) is 24.5 Å². The topological polar surface area (TPSA) is 131 Å². The molecule has 0 bridgehead atoms. The number of carbonyl (C=O) groups is 4. The van der Waals surface area contributed by atoms with Crippen molar-refractivity contribution in [1.82, 2.24) is 10.2 Å². The Morgan fingerprint density at radius 2 is 1.83 bits per heavy atom. The molecule has 1 aliphatic heterocycles. The first-order chi connectivity index (χ1) is 17.3. The Labute approximate surface area is 207 Å². The van der Waals surface area contributed by atoms with E-state index >= 15 is 0 Å². The van der Waals surface area contributed by atoms with Crippen molar-refractivity contribution in [2.24, 2.45) is 10.7 Å². The van der Waals surface area contributed by atoms with Crippen molar-refractivity contribution in [2.75, 3.05) is 7.11 Å². The summed E-state index contributed by atoms with van der Waals surface area (Å²) < 4.78 is 5.25. The molecule has 0 saturated carbocycles. The van der Waals surface area contributed by atoms with Gasteiger partial charge < -0.3 is 15.4 Å². The Morgan fingerprint density at radius 1 is 1.11 bits per heavy atom. The molecule has 9 nitrogen and oxygen atoms in total. The number of fused-ring (bicyclic) bond motifs is 2. The van der Waals surface area contributed by atoms with Crippen molar-refractivity contribution in [3.8, 4) is 5.75 Å². The summed E-state index contributed by atoms with van der Waals surface area (Å²) in [6.07, 6.45) is 0.875. The largest absolute Gasteiger partial charge is 0.497 e. The SMILES string of the molecule is COc1ccc2cc(C(N)=NC(=O)c3ccc4c(c3)CN(C(C)CCC(=O)NC=O)C4=O)ccc2c1. The van der Waals surface area contributed by atoms with Crippen molar-refractivity contribution in [1.29, 1.82) is 0 Å². The molecule has 1 atom stereocenters. The van der Waals surface area contributed by atoms with Crippen LogP contribution >= 0.6 is 0 Å². The summed E-state index contributed by atoms with van der Waals surface area (Å²) in [4.78, 5) is 53.3. The number of aliphatic imine (C=N–C) groups is 1. The number of nitrogens with two attached hydrogens (primary N) is 1. The Bertz CT molecular complexity index is 1400. The lowest BCUT2D eigenvalue weighted by molar-refractivity contribution is -0.125. The molecule has 4 amide bonds. The molecule has 0 spiro atoms. The minimum absolute atomic E-state index is 0.0955. The second-order valence-corrected chi connectivity index (χ2v) is 8.61. The van der Waals surface area contributed by atoms with Crippen LogP contribution in [-0.4, -0.2) is 48.0 Å². The highest BCUT2D eigenvalue weighted by atomic mass is 16.5. The van der Waals surface area contributed by atoms with Gasteiger partial charge in [-0.25, -0.2) is 0 Å². The number of imide groups is 1. The average Bonchev–Trinajstić information content (AvgIpc) is 3.22. The van der Waals surface area contributed by atoms with E-state index < -0.39 is 11.8 Å². The highest BCUT2D eigenvalue weighted by molar-refractivity contribution is 6.10. The van der Waals surface area contributed by atoms with Gasteiger partial charge in [0.25, 0.3) is 11.8 Å². The molecule has 0 radical (unpaired) electrons. The van der Waals surface area contributed by atoms with Crippen LogP contribution in [0.4, 0.5) is 0 Å². The molecule has 4 rings (SSSR count). The Balaban J connectivity index is 1.48. The van der Waals surface area contributed by atoms with Crippen LogP contribution in [-0.2, 0) is 16.1 Å². The lowest BCUT2D eigenvalue weighted by Gasteiger charge is -2.23. The summed E-state index contributed by atoms with van der Waals surface area (Å²) in [5.74, 6) is -0.218. The van der Waals surface area contributed by atoms with E-state index in [-0.39, 0.29) is 24.2 Å². The normalized spacial score (nSPS) is 13.9. The Morgan fingerprint density at radius 3 is 2.58 bits per heavy atom. The second-order valence-electron chi connectivity index (χ2n) is 8.61. The van der Waals surface area contributed by atoms with Crippen molar-refractivity contribution in [2.45, 2.75) is 32.4 Å². The molecule has 3 N–H and O–H groups in total. The quantitative estimate of drug-likeness (QED) is 0.286. The van der Waals surface area contributed by atoms with Gasteiger partial charge in [-0.2, -0.15) is 4.99 Å². The molecule has 3 aromatic rings. The van der Waals surface area contributed by atoms with E-state index in [1.165, 1.54) is 0 Å². The molecule has 3 aromatic carbocycles. The molecule has 1 unspecified atom stereocenters. The van der Waals surface area contributed by atoms with E-state index in [1.54, 1.807) is 36.3 Å². The van der Waals surface area contributed by atoms with E-state index in [0.29, 0.717) is 41.6 Å². The molecule has 184 valence electrons. The van der Waals surface area contributed by atoms with Crippen molar-refractivity contribution >= 4 is 40.7 Å². The van der Waals surface area contributed by atoms with Crippen LogP contribution in [0.15, 0.2) is 59.6 Å². The zero-order chi connectivity index (χ0) is 25.8. The summed E-state index contributed by atoms with van der Waals surface area (Å²) in [5, 5.41) is 4.01. The molecule has 0 fully saturated rings. The minimum atomic E-state index is -0.505. The molecule has 9 heteroatoms. The fourth-order valence-corrected chi connectivity index (χ4v) is 4.21. The van der Waals surface area contributed by atoms with E-state index in [0.717, 1.165) is 16.5 Å². The maximum absolute atomic E-state index is 12.9. The van der Waals surface area contributed by atoms with Crippen molar-refractivity contribution in [3.05, 3.63) is 76.9 Å². The van der Waals surface area contributed by atoms with Gasteiger partial charge in [-0.1, -0.05) is 18.2 Å². The number of amidine groups is 1. The molecule has 0 aromatic heterocycles. The Kier molecular flexibility index (Phi) is 7.10. The van der Waals surface area contributed by atoms with Crippen LogP contribution in [0.1, 0.15) is 51.6 Å². The summed E-state index contributed by atoms with van der Waals surface area (Å²) in [6, 6.07) is 15.8. The van der Waals surface area contributed by atoms with Crippen LogP contribution in [0.3, 0.4) is 0 Å². The summed E-state index contributed by atoms with van der Waals surface area (Å²) in [6.45, 7) is 2.16. The highest BCUT2D eigenvalue weighted by Gasteiger charge is 2.31. The average molecular weight is 487 g/mol. The second kappa shape index (κ2) is 10.4. The lowest BCUT2D eigenvalue weighted by atomic mass is 10.1. The van der Waals surface area contributed by atoms with Crippen LogP contribution < -0.4 is 15.8 Å². The third-order valence-electron chi connectivity index (χ3n) is 6.29. The van der Waals surface area contributed by atoms with Crippen molar-refractivity contribution < 1.29 is 23.9 Å². The number of hydrogen-bond acceptors (Lipinski definition) is 5. The predicted octanol–water partition coefficient (Wildman–Crippen LogP) is 2.79. The van der Waals surface area contributed by atoms with E-state index in [2.05, 4.69) is 10.3 Å². The monoisotopic (exact) mass is 486 g/mol. The van der Waals surface area contributed by atoms with Crippen molar-refractivity contribution in [3.63, 3.8) is 0 Å². The van der Waals surface area contributed by atoms with E-state index in [9.17, 15) is 19.2 Å². The Hall–Kier alpha value is -4.53. The number of carbonyl (C=O) groups excluding carboxylic acids is 4. The number of nitrogens with zero attached hydrogens (tertiary/aromatic N) is 2. The zero-order valence-corrected chi connectivity index (χ0v) is 20.0. The molecular weight excluding hydrogens is 460 g/mol. The fraction of sp³-hybridized carbons (Fsp3) is 0.222. The van der Waals surface area contributed by atoms with Gasteiger partial charge in [0.15, 0.2) is 0 Å². The molecule has 36 heavy (non-hydrogen) atoms. The zero-order valence-electron chi connectivity index (χ0n) is 20.0. The number of amides is 4. The third-order valence-corrected chi connectivity index (χ3v) is 6.29. The lowest BCUT2D eigenvalue weighted by Crippen LogP contribution is -2.34. The first-order valence-corrected chi connectivity index (χ1v) is 11.4. The maximum Gasteiger partial charge on any atom is 0.278 e. The first-order valence-electron chi connectivity index (χ1n) is 11.4. The molecule has 1 heterocycles. The first kappa shape index (κ1) is 24.6. The molecule has 0 saturated heterocycles. The highest BCUT2D eigenvalue weighted by Crippen LogP contribution is 2.27. The minimum Gasteiger partial charge on any atom is -0.497 e. The van der Waals surface area contributed by atoms with Gasteiger partial charge in [-0.15, -0.1) is 0 Å². The molecule has 0 aliphatic carbocycles. The predicted molar refractivity (Wildman–Crippen MR) is 135 cm³/mol. The maximum atomic E-state index is 12.9. The number of rotatable bonds is 8. The summed E-state index contributed by atoms with van der Waals surface area (Å²) >= 11 is 0.